The fraction of sp³-hybridized carbons (Fsp3) is 0.154. The molecule has 18 heavy (non-hydrogen) atoms. The number of thiophene rings is 1. The second-order valence-corrected chi connectivity index (χ2v) is 6.38. The van der Waals surface area contributed by atoms with Crippen LogP contribution in [-0.2, 0) is 6.54 Å². The minimum atomic E-state index is 0.570. The fourth-order valence-electron chi connectivity index (χ4n) is 1.52. The molecule has 2 rings (SSSR count). The number of nitrogens with one attached hydrogen (secondary N) is 1. The molecule has 0 unspecified atom stereocenters. The van der Waals surface area contributed by atoms with Gasteiger partial charge in [-0.05, 0) is 47.1 Å². The van der Waals surface area contributed by atoms with E-state index in [-0.39, 0.29) is 0 Å². The van der Waals surface area contributed by atoms with Crippen molar-refractivity contribution in [1.82, 2.24) is 0 Å². The Bertz CT molecular complexity index is 596. The van der Waals surface area contributed by atoms with Crippen molar-refractivity contribution in [3.05, 3.63) is 49.1 Å². The summed E-state index contributed by atoms with van der Waals surface area (Å²) in [6.45, 7) is 2.80. The number of hydrogen-bond donors (Lipinski definition) is 1. The van der Waals surface area contributed by atoms with Gasteiger partial charge in [0.1, 0.15) is 0 Å². The van der Waals surface area contributed by atoms with Crippen LogP contribution in [0.5, 0.6) is 0 Å². The van der Waals surface area contributed by atoms with E-state index in [2.05, 4.69) is 40.3 Å². The summed E-state index contributed by atoms with van der Waals surface area (Å²) in [5.74, 6) is 0. The van der Waals surface area contributed by atoms with Crippen LogP contribution in [0, 0.1) is 18.3 Å². The third-order valence-electron chi connectivity index (χ3n) is 2.46. The summed E-state index contributed by atoms with van der Waals surface area (Å²) in [5, 5.41) is 12.6. The van der Waals surface area contributed by atoms with Crippen LogP contribution in [-0.4, -0.2) is 0 Å². The average molecular weight is 342 g/mol. The van der Waals surface area contributed by atoms with Crippen molar-refractivity contribution in [1.29, 1.82) is 5.26 Å². The second kappa shape index (κ2) is 5.75. The van der Waals surface area contributed by atoms with E-state index in [1.54, 1.807) is 23.5 Å². The molecule has 0 aliphatic carbocycles. The van der Waals surface area contributed by atoms with Gasteiger partial charge in [0, 0.05) is 20.8 Å². The van der Waals surface area contributed by atoms with Crippen molar-refractivity contribution in [2.45, 2.75) is 13.5 Å². The number of nitrogens with zero attached hydrogens (tertiary/aromatic N) is 1. The lowest BCUT2D eigenvalue weighted by atomic mass is 10.2. The summed E-state index contributed by atoms with van der Waals surface area (Å²) in [5.41, 5.74) is 1.41. The molecule has 0 bridgehead atoms. The molecular formula is C13H10BrClN2S. The van der Waals surface area contributed by atoms with Gasteiger partial charge < -0.3 is 5.32 Å². The Hall–Kier alpha value is -1.02. The zero-order valence-corrected chi connectivity index (χ0v) is 12.8. The van der Waals surface area contributed by atoms with Gasteiger partial charge in [-0.15, -0.1) is 11.3 Å². The van der Waals surface area contributed by atoms with E-state index in [1.165, 1.54) is 9.75 Å². The van der Waals surface area contributed by atoms with Crippen LogP contribution in [0.15, 0.2) is 28.7 Å². The van der Waals surface area contributed by atoms with Gasteiger partial charge in [-0.25, -0.2) is 0 Å². The van der Waals surface area contributed by atoms with E-state index in [1.807, 2.05) is 6.07 Å². The number of rotatable bonds is 3. The fourth-order valence-corrected chi connectivity index (χ4v) is 3.30. The van der Waals surface area contributed by atoms with Gasteiger partial charge in [-0.2, -0.15) is 5.26 Å². The van der Waals surface area contributed by atoms with Gasteiger partial charge in [0.2, 0.25) is 0 Å². The van der Waals surface area contributed by atoms with Crippen LogP contribution >= 0.6 is 38.9 Å². The molecule has 0 fully saturated rings. The topological polar surface area (TPSA) is 35.8 Å². The largest absolute Gasteiger partial charge is 0.379 e. The highest BCUT2D eigenvalue weighted by molar-refractivity contribution is 9.10. The van der Waals surface area contributed by atoms with Gasteiger partial charge in [0.05, 0.1) is 22.3 Å². The minimum Gasteiger partial charge on any atom is -0.379 e. The third kappa shape index (κ3) is 3.05. The summed E-state index contributed by atoms with van der Waals surface area (Å²) in [4.78, 5) is 2.50. The molecule has 2 nitrogen and oxygen atoms in total. The molecule has 0 saturated heterocycles. The normalized spacial score (nSPS) is 10.1. The first-order valence-electron chi connectivity index (χ1n) is 5.28. The maximum Gasteiger partial charge on any atom is 0.0992 e. The number of nitriles is 1. The molecule has 5 heteroatoms. The highest BCUT2D eigenvalue weighted by atomic mass is 79.9. The van der Waals surface area contributed by atoms with Gasteiger partial charge in [-0.3, -0.25) is 0 Å². The van der Waals surface area contributed by atoms with Gasteiger partial charge in [0.25, 0.3) is 0 Å². The molecule has 0 aliphatic heterocycles. The van der Waals surface area contributed by atoms with Crippen LogP contribution in [0.1, 0.15) is 15.3 Å². The average Bonchev–Trinajstić information content (AvgIpc) is 2.67. The molecule has 1 aromatic heterocycles. The Morgan fingerprint density at radius 1 is 1.44 bits per heavy atom. The first-order chi connectivity index (χ1) is 8.60. The standard InChI is InChI=1S/C13H10BrClN2S/c1-8-11(14)5-10(18-8)7-17-13-3-2-9(6-16)4-12(13)15/h2-5,17H,7H2,1H3. The van der Waals surface area contributed by atoms with Crippen LogP contribution in [0.4, 0.5) is 5.69 Å². The molecule has 1 aromatic carbocycles. The van der Waals surface area contributed by atoms with Crippen molar-refractivity contribution in [3.63, 3.8) is 0 Å². The van der Waals surface area contributed by atoms with Crippen molar-refractivity contribution in [2.24, 2.45) is 0 Å². The summed E-state index contributed by atoms with van der Waals surface area (Å²) in [6.07, 6.45) is 0. The molecule has 0 aliphatic rings. The number of halogens is 2. The van der Waals surface area contributed by atoms with E-state index in [0.717, 1.165) is 16.7 Å². The quantitative estimate of drug-likeness (QED) is 0.856. The SMILES string of the molecule is Cc1sc(CNc2ccc(C#N)cc2Cl)cc1Br. The lowest BCUT2D eigenvalue weighted by Gasteiger charge is -2.07. The molecule has 0 spiro atoms. The van der Waals surface area contributed by atoms with Gasteiger partial charge in [-0.1, -0.05) is 11.6 Å². The summed E-state index contributed by atoms with van der Waals surface area (Å²) < 4.78 is 1.13. The van der Waals surface area contributed by atoms with Gasteiger partial charge >= 0.3 is 0 Å². The maximum atomic E-state index is 8.76. The lowest BCUT2D eigenvalue weighted by molar-refractivity contribution is 1.19. The van der Waals surface area contributed by atoms with Gasteiger partial charge in [0.15, 0.2) is 0 Å². The van der Waals surface area contributed by atoms with Crippen LogP contribution in [0.3, 0.4) is 0 Å². The Balaban J connectivity index is 2.09. The van der Waals surface area contributed by atoms with Crippen LogP contribution in [0.2, 0.25) is 5.02 Å². The zero-order chi connectivity index (χ0) is 13.1. The first kappa shape index (κ1) is 13.4. The summed E-state index contributed by atoms with van der Waals surface area (Å²) in [7, 11) is 0. The van der Waals surface area contributed by atoms with E-state index in [0.29, 0.717) is 10.6 Å². The predicted octanol–water partition coefficient (Wildman–Crippen LogP) is 4.96. The Labute approximate surface area is 123 Å². The predicted molar refractivity (Wildman–Crippen MR) is 80.2 cm³/mol. The Morgan fingerprint density at radius 3 is 2.78 bits per heavy atom. The van der Waals surface area contributed by atoms with Crippen LogP contribution < -0.4 is 5.32 Å². The van der Waals surface area contributed by atoms with Crippen LogP contribution in [0.25, 0.3) is 0 Å². The maximum absolute atomic E-state index is 8.76. The van der Waals surface area contributed by atoms with Crippen molar-refractivity contribution in [3.8, 4) is 6.07 Å². The Morgan fingerprint density at radius 2 is 2.22 bits per heavy atom. The van der Waals surface area contributed by atoms with E-state index >= 15 is 0 Å². The third-order valence-corrected chi connectivity index (χ3v) is 4.91. The number of aryl methyl sites for hydroxylation is 1. The van der Waals surface area contributed by atoms with E-state index < -0.39 is 0 Å². The molecule has 1 heterocycles. The molecule has 0 saturated carbocycles. The lowest BCUT2D eigenvalue weighted by Crippen LogP contribution is -1.98. The number of hydrogen-bond acceptors (Lipinski definition) is 3. The second-order valence-electron chi connectivity index (χ2n) is 3.78. The molecule has 0 atom stereocenters. The molecular weight excluding hydrogens is 332 g/mol. The molecule has 0 amide bonds. The highest BCUT2D eigenvalue weighted by Gasteiger charge is 2.05. The minimum absolute atomic E-state index is 0.570. The zero-order valence-electron chi connectivity index (χ0n) is 9.63. The highest BCUT2D eigenvalue weighted by Crippen LogP contribution is 2.28. The number of anilines is 1. The Kier molecular flexibility index (Phi) is 4.28. The molecule has 2 aromatic rings. The summed E-state index contributed by atoms with van der Waals surface area (Å²) in [6, 6.07) is 9.41. The molecule has 0 radical (unpaired) electrons. The van der Waals surface area contributed by atoms with Crippen molar-refractivity contribution in [2.75, 3.05) is 5.32 Å². The van der Waals surface area contributed by atoms with E-state index in [4.69, 9.17) is 16.9 Å². The smallest absolute Gasteiger partial charge is 0.0992 e. The van der Waals surface area contributed by atoms with Crippen molar-refractivity contribution < 1.29 is 0 Å². The molecule has 1 N–H and O–H groups in total. The molecule has 92 valence electrons. The monoisotopic (exact) mass is 340 g/mol. The number of benzene rings is 1. The summed E-state index contributed by atoms with van der Waals surface area (Å²) >= 11 is 11.3. The van der Waals surface area contributed by atoms with E-state index in [9.17, 15) is 0 Å². The first-order valence-corrected chi connectivity index (χ1v) is 7.27. The van der Waals surface area contributed by atoms with Crippen molar-refractivity contribution >= 4 is 44.6 Å².